The second kappa shape index (κ2) is 6.82. The number of carbonyl (C=O) groups excluding carboxylic acids is 1. The van der Waals surface area contributed by atoms with Gasteiger partial charge in [-0.1, -0.05) is 35.9 Å². The summed E-state index contributed by atoms with van der Waals surface area (Å²) in [6, 6.07) is 13.5. The number of aryl methyl sites for hydroxylation is 1. The lowest BCUT2D eigenvalue weighted by Crippen LogP contribution is -2.32. The van der Waals surface area contributed by atoms with Crippen LogP contribution in [-0.2, 0) is 11.2 Å². The Morgan fingerprint density at radius 1 is 1.25 bits per heavy atom. The molecule has 2 N–H and O–H groups in total. The van der Waals surface area contributed by atoms with E-state index in [1.165, 1.54) is 5.56 Å². The molecule has 0 radical (unpaired) electrons. The van der Waals surface area contributed by atoms with Crippen LogP contribution in [0.15, 0.2) is 48.7 Å². The van der Waals surface area contributed by atoms with E-state index in [0.29, 0.717) is 6.42 Å². The first-order valence-electron chi connectivity index (χ1n) is 6.55. The summed E-state index contributed by atoms with van der Waals surface area (Å²) in [5.41, 5.74) is 3.10. The molecule has 0 aliphatic carbocycles. The number of aliphatic hydroxyl groups is 1. The Labute approximate surface area is 118 Å². The third kappa shape index (κ3) is 3.90. The van der Waals surface area contributed by atoms with Gasteiger partial charge in [-0.15, -0.1) is 0 Å². The number of benzene rings is 1. The van der Waals surface area contributed by atoms with Crippen molar-refractivity contribution in [2.75, 3.05) is 6.61 Å². The van der Waals surface area contributed by atoms with Crippen LogP contribution in [0.1, 0.15) is 22.9 Å². The average Bonchev–Trinajstić information content (AvgIpc) is 2.49. The van der Waals surface area contributed by atoms with Crippen LogP contribution < -0.4 is 5.32 Å². The number of carbonyl (C=O) groups is 1. The van der Waals surface area contributed by atoms with Crippen LogP contribution in [0, 0.1) is 6.92 Å². The molecule has 0 aliphatic heterocycles. The van der Waals surface area contributed by atoms with Crippen LogP contribution in [0.3, 0.4) is 0 Å². The van der Waals surface area contributed by atoms with Crippen molar-refractivity contribution < 1.29 is 9.90 Å². The van der Waals surface area contributed by atoms with Gasteiger partial charge in [0, 0.05) is 6.20 Å². The third-order valence-corrected chi connectivity index (χ3v) is 3.08. The highest BCUT2D eigenvalue weighted by atomic mass is 16.3. The summed E-state index contributed by atoms with van der Waals surface area (Å²) >= 11 is 0. The minimum Gasteiger partial charge on any atom is -0.387 e. The van der Waals surface area contributed by atoms with E-state index in [0.717, 1.165) is 11.3 Å². The lowest BCUT2D eigenvalue weighted by atomic mass is 10.0. The van der Waals surface area contributed by atoms with Crippen LogP contribution in [0.2, 0.25) is 0 Å². The molecule has 2 rings (SSSR count). The Hall–Kier alpha value is -2.20. The van der Waals surface area contributed by atoms with Crippen LogP contribution >= 0.6 is 0 Å². The number of nitrogens with zero attached hydrogens (tertiary/aromatic N) is 1. The van der Waals surface area contributed by atoms with Gasteiger partial charge in [-0.3, -0.25) is 9.78 Å². The van der Waals surface area contributed by atoms with Gasteiger partial charge in [-0.25, -0.2) is 0 Å². The molecule has 4 heteroatoms. The molecule has 0 aliphatic rings. The van der Waals surface area contributed by atoms with Gasteiger partial charge >= 0.3 is 0 Å². The van der Waals surface area contributed by atoms with E-state index in [4.69, 9.17) is 5.11 Å². The Morgan fingerprint density at radius 2 is 2.00 bits per heavy atom. The molecule has 20 heavy (non-hydrogen) atoms. The molecule has 1 unspecified atom stereocenters. The molecule has 104 valence electrons. The van der Waals surface area contributed by atoms with Gasteiger partial charge in [-0.05, 0) is 31.0 Å². The Balaban J connectivity index is 2.18. The van der Waals surface area contributed by atoms with Crippen LogP contribution in [-0.4, -0.2) is 22.6 Å². The quantitative estimate of drug-likeness (QED) is 0.870. The third-order valence-electron chi connectivity index (χ3n) is 3.08. The molecule has 1 atom stereocenters. The van der Waals surface area contributed by atoms with Crippen molar-refractivity contribution >= 4 is 5.91 Å². The standard InChI is InChI=1S/C16H18N2O2/c1-12-5-7-13(8-6-12)10-15(18-16(20)11-19)14-4-2-3-9-17-14/h2-9,15,19H,10-11H2,1H3,(H,18,20). The van der Waals surface area contributed by atoms with E-state index in [2.05, 4.69) is 10.3 Å². The summed E-state index contributed by atoms with van der Waals surface area (Å²) < 4.78 is 0. The van der Waals surface area contributed by atoms with Gasteiger partial charge in [0.15, 0.2) is 0 Å². The van der Waals surface area contributed by atoms with E-state index in [-0.39, 0.29) is 6.04 Å². The van der Waals surface area contributed by atoms with Gasteiger partial charge in [0.05, 0.1) is 11.7 Å². The van der Waals surface area contributed by atoms with E-state index in [1.807, 2.05) is 49.4 Å². The maximum Gasteiger partial charge on any atom is 0.246 e. The summed E-state index contributed by atoms with van der Waals surface area (Å²) in [6.45, 7) is 1.52. The number of amides is 1. The minimum atomic E-state index is -0.517. The number of rotatable bonds is 5. The van der Waals surface area contributed by atoms with Gasteiger partial charge in [0.1, 0.15) is 6.61 Å². The monoisotopic (exact) mass is 270 g/mol. The predicted octanol–water partition coefficient (Wildman–Crippen LogP) is 1.78. The molecular weight excluding hydrogens is 252 g/mol. The Bertz CT molecular complexity index is 552. The van der Waals surface area contributed by atoms with Crippen molar-refractivity contribution in [2.45, 2.75) is 19.4 Å². The maximum atomic E-state index is 11.5. The average molecular weight is 270 g/mol. The number of hydrogen-bond donors (Lipinski definition) is 2. The van der Waals surface area contributed by atoms with Crippen molar-refractivity contribution in [1.29, 1.82) is 0 Å². The Morgan fingerprint density at radius 3 is 2.60 bits per heavy atom. The number of hydrogen-bond acceptors (Lipinski definition) is 3. The summed E-state index contributed by atoms with van der Waals surface area (Å²) in [5.74, 6) is -0.396. The summed E-state index contributed by atoms with van der Waals surface area (Å²) in [4.78, 5) is 15.7. The molecule has 1 heterocycles. The molecule has 2 aromatic rings. The fraction of sp³-hybridized carbons (Fsp3) is 0.250. The molecule has 0 saturated heterocycles. The molecule has 0 fully saturated rings. The first kappa shape index (κ1) is 14.2. The molecule has 1 aromatic carbocycles. The van der Waals surface area contributed by atoms with Crippen molar-refractivity contribution in [3.63, 3.8) is 0 Å². The second-order valence-electron chi connectivity index (χ2n) is 4.72. The second-order valence-corrected chi connectivity index (χ2v) is 4.72. The largest absolute Gasteiger partial charge is 0.387 e. The van der Waals surface area contributed by atoms with E-state index < -0.39 is 12.5 Å². The van der Waals surface area contributed by atoms with Crippen molar-refractivity contribution in [3.05, 3.63) is 65.5 Å². The molecule has 1 aromatic heterocycles. The van der Waals surface area contributed by atoms with E-state index in [9.17, 15) is 4.79 Å². The zero-order valence-corrected chi connectivity index (χ0v) is 11.4. The molecule has 0 spiro atoms. The number of pyridine rings is 1. The Kier molecular flexibility index (Phi) is 4.85. The lowest BCUT2D eigenvalue weighted by Gasteiger charge is -2.18. The smallest absolute Gasteiger partial charge is 0.246 e. The first-order chi connectivity index (χ1) is 9.69. The van der Waals surface area contributed by atoms with Gasteiger partial charge in [0.25, 0.3) is 0 Å². The van der Waals surface area contributed by atoms with Crippen molar-refractivity contribution in [2.24, 2.45) is 0 Å². The molecule has 4 nitrogen and oxygen atoms in total. The zero-order chi connectivity index (χ0) is 14.4. The van der Waals surface area contributed by atoms with Gasteiger partial charge < -0.3 is 10.4 Å². The van der Waals surface area contributed by atoms with Crippen LogP contribution in [0.25, 0.3) is 0 Å². The predicted molar refractivity (Wildman–Crippen MR) is 77.1 cm³/mol. The highest BCUT2D eigenvalue weighted by Crippen LogP contribution is 2.17. The SMILES string of the molecule is Cc1ccc(CC(NC(=O)CO)c2ccccn2)cc1. The van der Waals surface area contributed by atoms with Gasteiger partial charge in [-0.2, -0.15) is 0 Å². The van der Waals surface area contributed by atoms with E-state index in [1.54, 1.807) is 6.20 Å². The summed E-state index contributed by atoms with van der Waals surface area (Å²) in [6.07, 6.45) is 2.34. The van der Waals surface area contributed by atoms with Gasteiger partial charge in [0.2, 0.25) is 5.91 Å². The fourth-order valence-electron chi connectivity index (χ4n) is 2.01. The molecule has 0 bridgehead atoms. The highest BCUT2D eigenvalue weighted by molar-refractivity contribution is 5.77. The number of aromatic nitrogens is 1. The van der Waals surface area contributed by atoms with Crippen LogP contribution in [0.4, 0.5) is 0 Å². The minimum absolute atomic E-state index is 0.237. The normalized spacial score (nSPS) is 11.9. The lowest BCUT2D eigenvalue weighted by molar-refractivity contribution is -0.124. The number of nitrogens with one attached hydrogen (secondary N) is 1. The highest BCUT2D eigenvalue weighted by Gasteiger charge is 2.15. The maximum absolute atomic E-state index is 11.5. The first-order valence-corrected chi connectivity index (χ1v) is 6.55. The fourth-order valence-corrected chi connectivity index (χ4v) is 2.01. The summed E-state index contributed by atoms with van der Waals surface area (Å²) in [7, 11) is 0. The topological polar surface area (TPSA) is 62.2 Å². The molecule has 1 amide bonds. The van der Waals surface area contributed by atoms with Crippen molar-refractivity contribution in [1.82, 2.24) is 10.3 Å². The summed E-state index contributed by atoms with van der Waals surface area (Å²) in [5, 5.41) is 11.7. The van der Waals surface area contributed by atoms with E-state index >= 15 is 0 Å². The zero-order valence-electron chi connectivity index (χ0n) is 11.4. The number of aliphatic hydroxyl groups excluding tert-OH is 1. The molecular formula is C16H18N2O2. The van der Waals surface area contributed by atoms with Crippen LogP contribution in [0.5, 0.6) is 0 Å². The van der Waals surface area contributed by atoms with Crippen molar-refractivity contribution in [3.8, 4) is 0 Å². The molecule has 0 saturated carbocycles.